The molecule has 0 saturated carbocycles. The van der Waals surface area contributed by atoms with Gasteiger partial charge in [-0.2, -0.15) is 0 Å². The molecule has 1 amide bonds. The minimum atomic E-state index is -0.338. The van der Waals surface area contributed by atoms with Crippen molar-refractivity contribution in [2.45, 2.75) is 6.92 Å². The molecule has 30 heavy (non-hydrogen) atoms. The molecule has 0 unspecified atom stereocenters. The normalized spacial score (nSPS) is 11.5. The molecular weight excluding hydrogens is 408 g/mol. The summed E-state index contributed by atoms with van der Waals surface area (Å²) in [5.41, 5.74) is 1.36. The second-order valence-electron chi connectivity index (χ2n) is 6.28. The van der Waals surface area contributed by atoms with Crippen LogP contribution >= 0.6 is 11.6 Å². The summed E-state index contributed by atoms with van der Waals surface area (Å²) >= 11 is 6.22. The van der Waals surface area contributed by atoms with Gasteiger partial charge in [-0.05, 0) is 25.1 Å². The maximum Gasteiger partial charge on any atom is 0.257 e. The zero-order valence-corrected chi connectivity index (χ0v) is 16.8. The Bertz CT molecular complexity index is 1150. The Balaban J connectivity index is 1.33. The van der Waals surface area contributed by atoms with Gasteiger partial charge in [-0.1, -0.05) is 46.8 Å². The van der Waals surface area contributed by atoms with Gasteiger partial charge < -0.3 is 24.1 Å². The molecule has 0 spiro atoms. The lowest BCUT2D eigenvalue weighted by molar-refractivity contribution is 0.0957. The molecule has 3 aromatic rings. The third-order valence-electron chi connectivity index (χ3n) is 4.34. The lowest BCUT2D eigenvalue weighted by Crippen LogP contribution is -2.24. The minimum Gasteiger partial charge on any atom is -0.481 e. The number of nitrogens with one attached hydrogen (secondary N) is 1. The van der Waals surface area contributed by atoms with Gasteiger partial charge in [-0.25, -0.2) is 0 Å². The second kappa shape index (κ2) is 8.80. The van der Waals surface area contributed by atoms with Gasteiger partial charge in [0.05, 0.1) is 11.6 Å². The van der Waals surface area contributed by atoms with Crippen molar-refractivity contribution < 1.29 is 23.5 Å². The van der Waals surface area contributed by atoms with Crippen LogP contribution in [0.4, 0.5) is 0 Å². The van der Waals surface area contributed by atoms with Crippen LogP contribution in [0.15, 0.2) is 47.0 Å². The maximum absolute atomic E-state index is 12.6. The van der Waals surface area contributed by atoms with Gasteiger partial charge in [0.1, 0.15) is 29.4 Å². The average Bonchev–Trinajstić information content (AvgIpc) is 3.36. The number of hydrogen-bond acceptors (Lipinski definition) is 6. The molecule has 0 aliphatic carbocycles. The Morgan fingerprint density at radius 2 is 2.03 bits per heavy atom. The molecule has 1 aliphatic rings. The summed E-state index contributed by atoms with van der Waals surface area (Å²) in [6.45, 7) is 2.21. The van der Waals surface area contributed by atoms with Gasteiger partial charge in [0.15, 0.2) is 11.5 Å². The van der Waals surface area contributed by atoms with E-state index in [1.165, 1.54) is 0 Å². The van der Waals surface area contributed by atoms with Crippen molar-refractivity contribution in [1.82, 2.24) is 10.5 Å². The minimum absolute atomic E-state index is 0.149. The molecule has 1 aromatic heterocycles. The topological polar surface area (TPSA) is 82.8 Å². The van der Waals surface area contributed by atoms with E-state index in [1.54, 1.807) is 43.3 Å². The van der Waals surface area contributed by atoms with Crippen molar-refractivity contribution in [3.63, 3.8) is 0 Å². The van der Waals surface area contributed by atoms with Gasteiger partial charge in [-0.3, -0.25) is 4.79 Å². The smallest absolute Gasteiger partial charge is 0.257 e. The maximum atomic E-state index is 12.6. The Kier molecular flexibility index (Phi) is 5.77. The lowest BCUT2D eigenvalue weighted by atomic mass is 10.1. The first-order valence-corrected chi connectivity index (χ1v) is 9.49. The highest BCUT2D eigenvalue weighted by Crippen LogP contribution is 2.35. The van der Waals surface area contributed by atoms with E-state index in [2.05, 4.69) is 22.3 Å². The van der Waals surface area contributed by atoms with Gasteiger partial charge >= 0.3 is 0 Å². The van der Waals surface area contributed by atoms with Gasteiger partial charge in [-0.15, -0.1) is 0 Å². The number of rotatable bonds is 5. The fraction of sp³-hybridized carbons (Fsp3) is 0.182. The average molecular weight is 425 g/mol. The van der Waals surface area contributed by atoms with Crippen LogP contribution < -0.4 is 19.5 Å². The lowest BCUT2D eigenvalue weighted by Gasteiger charge is -2.04. The van der Waals surface area contributed by atoms with E-state index in [-0.39, 0.29) is 25.9 Å². The van der Waals surface area contributed by atoms with Crippen LogP contribution in [0.1, 0.15) is 16.1 Å². The number of ether oxygens (including phenoxy) is 3. The Morgan fingerprint density at radius 1 is 1.20 bits per heavy atom. The molecule has 1 aliphatic heterocycles. The summed E-state index contributed by atoms with van der Waals surface area (Å²) in [4.78, 5) is 12.6. The zero-order valence-electron chi connectivity index (χ0n) is 16.0. The van der Waals surface area contributed by atoms with E-state index in [4.69, 9.17) is 30.3 Å². The molecule has 7 nitrogen and oxygen atoms in total. The summed E-state index contributed by atoms with van der Waals surface area (Å²) < 4.78 is 21.3. The van der Waals surface area contributed by atoms with Crippen molar-refractivity contribution in [3.05, 3.63) is 58.8 Å². The van der Waals surface area contributed by atoms with Crippen molar-refractivity contribution in [2.24, 2.45) is 0 Å². The van der Waals surface area contributed by atoms with Crippen LogP contribution in [0.3, 0.4) is 0 Å². The van der Waals surface area contributed by atoms with Crippen LogP contribution in [-0.2, 0) is 0 Å². The van der Waals surface area contributed by atoms with Crippen LogP contribution in [0.25, 0.3) is 11.3 Å². The molecule has 8 heteroatoms. The molecule has 0 radical (unpaired) electrons. The molecular formula is C22H17ClN2O5. The molecule has 152 valence electrons. The fourth-order valence-electron chi connectivity index (χ4n) is 2.89. The van der Waals surface area contributed by atoms with E-state index in [1.807, 2.05) is 6.07 Å². The van der Waals surface area contributed by atoms with E-state index in [0.717, 1.165) is 0 Å². The summed E-state index contributed by atoms with van der Waals surface area (Å²) in [5, 5.41) is 7.22. The van der Waals surface area contributed by atoms with Crippen LogP contribution in [0, 0.1) is 18.8 Å². The first-order valence-electron chi connectivity index (χ1n) is 9.11. The highest BCUT2D eigenvalue weighted by atomic mass is 35.5. The Morgan fingerprint density at radius 3 is 2.90 bits per heavy atom. The molecule has 0 bridgehead atoms. The number of fused-ring (bicyclic) bond motifs is 1. The highest BCUT2D eigenvalue weighted by Gasteiger charge is 2.22. The second-order valence-corrected chi connectivity index (χ2v) is 6.69. The van der Waals surface area contributed by atoms with E-state index >= 15 is 0 Å². The monoisotopic (exact) mass is 424 g/mol. The number of carbonyl (C=O) groups is 1. The van der Waals surface area contributed by atoms with Crippen molar-refractivity contribution in [2.75, 3.05) is 19.9 Å². The summed E-state index contributed by atoms with van der Waals surface area (Å²) in [6.07, 6.45) is 0. The van der Waals surface area contributed by atoms with Crippen LogP contribution in [-0.4, -0.2) is 31.0 Å². The largest absolute Gasteiger partial charge is 0.481 e. The fourth-order valence-corrected chi connectivity index (χ4v) is 3.11. The number of halogens is 1. The van der Waals surface area contributed by atoms with Gasteiger partial charge in [0.2, 0.25) is 6.79 Å². The SMILES string of the molecule is Cc1onc(-c2ccccc2Cl)c1C(=O)NCC#CCOc1ccc2c(c1)OCO2. The first-order chi connectivity index (χ1) is 14.6. The van der Waals surface area contributed by atoms with Crippen molar-refractivity contribution in [3.8, 4) is 40.3 Å². The Labute approximate surface area is 177 Å². The summed E-state index contributed by atoms with van der Waals surface area (Å²) in [7, 11) is 0. The zero-order chi connectivity index (χ0) is 20.9. The number of nitrogens with zero attached hydrogens (tertiary/aromatic N) is 1. The summed E-state index contributed by atoms with van der Waals surface area (Å²) in [5.74, 6) is 7.73. The molecule has 0 atom stereocenters. The van der Waals surface area contributed by atoms with Gasteiger partial charge in [0.25, 0.3) is 5.91 Å². The summed E-state index contributed by atoms with van der Waals surface area (Å²) in [6, 6.07) is 12.4. The van der Waals surface area contributed by atoms with Crippen LogP contribution in [0.2, 0.25) is 5.02 Å². The predicted molar refractivity (Wildman–Crippen MR) is 110 cm³/mol. The molecule has 4 rings (SSSR count). The standard InChI is InChI=1S/C22H17ClN2O5/c1-14-20(21(25-30-14)16-6-2-3-7-17(16)23)22(26)24-10-4-5-11-27-15-8-9-18-19(12-15)29-13-28-18/h2-3,6-9,12H,10-11,13H2,1H3,(H,24,26). The number of carbonyl (C=O) groups excluding carboxylic acids is 1. The number of amides is 1. The van der Waals surface area contributed by atoms with Crippen molar-refractivity contribution in [1.29, 1.82) is 0 Å². The molecule has 2 aromatic carbocycles. The quantitative estimate of drug-likeness (QED) is 0.626. The molecule has 1 N–H and O–H groups in total. The van der Waals surface area contributed by atoms with Gasteiger partial charge in [0, 0.05) is 11.6 Å². The van der Waals surface area contributed by atoms with E-state index in [9.17, 15) is 4.79 Å². The number of benzene rings is 2. The number of aryl methyl sites for hydroxylation is 1. The number of hydrogen-bond donors (Lipinski definition) is 1. The van der Waals surface area contributed by atoms with Crippen LogP contribution in [0.5, 0.6) is 17.2 Å². The first kappa shape index (κ1) is 19.7. The third-order valence-corrected chi connectivity index (χ3v) is 4.67. The molecule has 0 fully saturated rings. The third kappa shape index (κ3) is 4.19. The van der Waals surface area contributed by atoms with Crippen molar-refractivity contribution >= 4 is 17.5 Å². The predicted octanol–water partition coefficient (Wildman–Crippen LogP) is 3.84. The Hall–Kier alpha value is -3.63. The molecule has 2 heterocycles. The number of aromatic nitrogens is 1. The highest BCUT2D eigenvalue weighted by molar-refractivity contribution is 6.33. The molecule has 0 saturated heterocycles. The van der Waals surface area contributed by atoms with E-state index in [0.29, 0.717) is 44.9 Å². The van der Waals surface area contributed by atoms with E-state index < -0.39 is 0 Å².